The molecule has 1 aliphatic rings. The lowest BCUT2D eigenvalue weighted by molar-refractivity contribution is 0.0696. The van der Waals surface area contributed by atoms with Gasteiger partial charge in [-0.15, -0.1) is 0 Å². The number of carboxylic acids is 1. The van der Waals surface area contributed by atoms with E-state index in [-0.39, 0.29) is 10.5 Å². The molecule has 1 aliphatic heterocycles. The predicted molar refractivity (Wildman–Crippen MR) is 70.2 cm³/mol. The predicted octanol–water partition coefficient (Wildman–Crippen LogP) is 0.394. The number of nitrogens with one attached hydrogen (secondary N) is 1. The Labute approximate surface area is 112 Å². The topological polar surface area (TPSA) is 92.7 Å². The molecule has 1 saturated heterocycles. The van der Waals surface area contributed by atoms with Crippen molar-refractivity contribution >= 4 is 15.8 Å². The number of ether oxygens (including phenoxy) is 1. The minimum absolute atomic E-state index is 0.0207. The van der Waals surface area contributed by atoms with Crippen molar-refractivity contribution in [3.8, 4) is 0 Å². The molecule has 0 unspecified atom stereocenters. The Morgan fingerprint density at radius 2 is 1.95 bits per heavy atom. The van der Waals surface area contributed by atoms with Gasteiger partial charge >= 0.3 is 5.97 Å². The van der Waals surface area contributed by atoms with Crippen molar-refractivity contribution in [1.82, 2.24) is 5.32 Å². The highest BCUT2D eigenvalue weighted by Gasteiger charge is 2.09. The standard InChI is InChI=1S/C8H8O4S.C4H9NO/c1-13(11,12)7-4-2-3-6(5-7)8(9)10;1-3-6-4-2-5-1/h2-5H,1H3,(H,9,10);5H,1-4H2. The van der Waals surface area contributed by atoms with Gasteiger partial charge in [0, 0.05) is 19.3 Å². The van der Waals surface area contributed by atoms with Crippen LogP contribution in [0.1, 0.15) is 10.4 Å². The van der Waals surface area contributed by atoms with E-state index in [9.17, 15) is 13.2 Å². The molecular weight excluding hydrogens is 270 g/mol. The quantitative estimate of drug-likeness (QED) is 0.817. The smallest absolute Gasteiger partial charge is 0.335 e. The van der Waals surface area contributed by atoms with Gasteiger partial charge in [-0.2, -0.15) is 0 Å². The first kappa shape index (κ1) is 15.6. The second-order valence-electron chi connectivity index (χ2n) is 3.97. The van der Waals surface area contributed by atoms with E-state index >= 15 is 0 Å². The van der Waals surface area contributed by atoms with Crippen molar-refractivity contribution in [2.24, 2.45) is 0 Å². The van der Waals surface area contributed by atoms with Gasteiger partial charge < -0.3 is 15.2 Å². The summed E-state index contributed by atoms with van der Waals surface area (Å²) < 4.78 is 27.0. The van der Waals surface area contributed by atoms with Crippen LogP contribution in [0, 0.1) is 0 Å². The Bertz CT molecular complexity index is 511. The van der Waals surface area contributed by atoms with Gasteiger partial charge in [-0.05, 0) is 18.2 Å². The van der Waals surface area contributed by atoms with Crippen LogP contribution < -0.4 is 5.32 Å². The van der Waals surface area contributed by atoms with Crippen molar-refractivity contribution in [3.05, 3.63) is 29.8 Å². The molecule has 0 atom stereocenters. The summed E-state index contributed by atoms with van der Waals surface area (Å²) in [6.45, 7) is 3.83. The van der Waals surface area contributed by atoms with E-state index in [1.54, 1.807) is 0 Å². The number of hydrogen-bond donors (Lipinski definition) is 2. The summed E-state index contributed by atoms with van der Waals surface area (Å²) in [5.74, 6) is -1.13. The van der Waals surface area contributed by atoms with Crippen molar-refractivity contribution < 1.29 is 23.1 Å². The maximum absolute atomic E-state index is 11.0. The van der Waals surface area contributed by atoms with Crippen LogP contribution in [0.15, 0.2) is 29.2 Å². The van der Waals surface area contributed by atoms with E-state index < -0.39 is 15.8 Å². The second-order valence-corrected chi connectivity index (χ2v) is 5.98. The molecule has 0 amide bonds. The summed E-state index contributed by atoms with van der Waals surface area (Å²) in [4.78, 5) is 10.5. The Balaban J connectivity index is 0.000000250. The third kappa shape index (κ3) is 5.82. The van der Waals surface area contributed by atoms with Crippen LogP contribution in [0.2, 0.25) is 0 Å². The number of hydrogen-bond acceptors (Lipinski definition) is 5. The number of carboxylic acid groups (broad SMARTS) is 1. The molecule has 6 nitrogen and oxygen atoms in total. The zero-order chi connectivity index (χ0) is 14.3. The monoisotopic (exact) mass is 287 g/mol. The number of morpholine rings is 1. The van der Waals surface area contributed by atoms with Crippen molar-refractivity contribution in [3.63, 3.8) is 0 Å². The lowest BCUT2D eigenvalue weighted by Gasteiger charge is -2.10. The van der Waals surface area contributed by atoms with Gasteiger partial charge in [0.2, 0.25) is 0 Å². The molecule has 0 aromatic heterocycles. The minimum Gasteiger partial charge on any atom is -0.478 e. The first-order valence-electron chi connectivity index (χ1n) is 5.73. The van der Waals surface area contributed by atoms with Crippen LogP contribution >= 0.6 is 0 Å². The van der Waals surface area contributed by atoms with Crippen LogP contribution in [0.3, 0.4) is 0 Å². The van der Waals surface area contributed by atoms with E-state index in [0.29, 0.717) is 0 Å². The summed E-state index contributed by atoms with van der Waals surface area (Å²) in [6.07, 6.45) is 1.04. The molecule has 0 bridgehead atoms. The zero-order valence-electron chi connectivity index (χ0n) is 10.6. The van der Waals surface area contributed by atoms with E-state index in [0.717, 1.165) is 38.6 Å². The summed E-state index contributed by atoms with van der Waals surface area (Å²) in [5, 5.41) is 11.7. The summed E-state index contributed by atoms with van der Waals surface area (Å²) in [7, 11) is -3.32. The zero-order valence-corrected chi connectivity index (χ0v) is 11.4. The number of benzene rings is 1. The molecule has 0 spiro atoms. The maximum atomic E-state index is 11.0. The normalized spacial score (nSPS) is 15.2. The Kier molecular flexibility index (Phi) is 5.94. The highest BCUT2D eigenvalue weighted by atomic mass is 32.2. The molecule has 0 radical (unpaired) electrons. The average Bonchev–Trinajstić information content (AvgIpc) is 2.40. The molecule has 1 aromatic carbocycles. The first-order chi connectivity index (χ1) is 8.91. The molecule has 0 aliphatic carbocycles. The van der Waals surface area contributed by atoms with Crippen molar-refractivity contribution in [1.29, 1.82) is 0 Å². The lowest BCUT2D eigenvalue weighted by Crippen LogP contribution is -2.30. The molecule has 0 saturated carbocycles. The minimum atomic E-state index is -3.32. The summed E-state index contributed by atoms with van der Waals surface area (Å²) in [6, 6.07) is 5.25. The van der Waals surface area contributed by atoms with Crippen LogP contribution in [-0.2, 0) is 14.6 Å². The molecule has 1 heterocycles. The van der Waals surface area contributed by atoms with Gasteiger partial charge in [0.25, 0.3) is 0 Å². The number of aromatic carboxylic acids is 1. The summed E-state index contributed by atoms with van der Waals surface area (Å²) >= 11 is 0. The molecule has 106 valence electrons. The van der Waals surface area contributed by atoms with Crippen molar-refractivity contribution in [2.75, 3.05) is 32.6 Å². The fourth-order valence-electron chi connectivity index (χ4n) is 1.38. The van der Waals surface area contributed by atoms with E-state index in [4.69, 9.17) is 9.84 Å². The molecule has 2 N–H and O–H groups in total. The number of sulfone groups is 1. The fourth-order valence-corrected chi connectivity index (χ4v) is 2.04. The van der Waals surface area contributed by atoms with Gasteiger partial charge in [-0.25, -0.2) is 13.2 Å². The van der Waals surface area contributed by atoms with Gasteiger partial charge in [-0.1, -0.05) is 6.07 Å². The Morgan fingerprint density at radius 1 is 1.32 bits per heavy atom. The van der Waals surface area contributed by atoms with Gasteiger partial charge in [0.05, 0.1) is 23.7 Å². The summed E-state index contributed by atoms with van der Waals surface area (Å²) in [5.41, 5.74) is -0.0251. The number of rotatable bonds is 2. The highest BCUT2D eigenvalue weighted by molar-refractivity contribution is 7.90. The average molecular weight is 287 g/mol. The SMILES string of the molecule is C1COCCN1.CS(=O)(=O)c1cccc(C(=O)O)c1. The Morgan fingerprint density at radius 3 is 2.32 bits per heavy atom. The molecule has 1 aromatic rings. The van der Waals surface area contributed by atoms with Crippen LogP contribution in [0.4, 0.5) is 0 Å². The third-order valence-corrected chi connectivity index (χ3v) is 3.47. The molecule has 1 fully saturated rings. The largest absolute Gasteiger partial charge is 0.478 e. The van der Waals surface area contributed by atoms with E-state index in [1.165, 1.54) is 18.2 Å². The maximum Gasteiger partial charge on any atom is 0.335 e. The molecule has 7 heteroatoms. The van der Waals surface area contributed by atoms with Gasteiger partial charge in [-0.3, -0.25) is 0 Å². The number of carbonyl (C=O) groups is 1. The first-order valence-corrected chi connectivity index (χ1v) is 7.62. The molecule has 2 rings (SSSR count). The highest BCUT2D eigenvalue weighted by Crippen LogP contribution is 2.10. The fraction of sp³-hybridized carbons (Fsp3) is 0.417. The van der Waals surface area contributed by atoms with Crippen LogP contribution in [0.5, 0.6) is 0 Å². The Hall–Kier alpha value is -1.44. The van der Waals surface area contributed by atoms with Gasteiger partial charge in [0.1, 0.15) is 0 Å². The molecule has 19 heavy (non-hydrogen) atoms. The van der Waals surface area contributed by atoms with E-state index in [1.807, 2.05) is 0 Å². The van der Waals surface area contributed by atoms with Gasteiger partial charge in [0.15, 0.2) is 9.84 Å². The second kappa shape index (κ2) is 7.22. The van der Waals surface area contributed by atoms with Crippen LogP contribution in [0.25, 0.3) is 0 Å². The van der Waals surface area contributed by atoms with E-state index in [2.05, 4.69) is 5.32 Å². The third-order valence-electron chi connectivity index (χ3n) is 2.36. The van der Waals surface area contributed by atoms with Crippen molar-refractivity contribution in [2.45, 2.75) is 4.90 Å². The van der Waals surface area contributed by atoms with Crippen LogP contribution in [-0.4, -0.2) is 52.1 Å². The lowest BCUT2D eigenvalue weighted by atomic mass is 10.2. The molecular formula is C12H17NO5S.